The lowest BCUT2D eigenvalue weighted by atomic mass is 10.1. The van der Waals surface area contributed by atoms with Gasteiger partial charge in [0.1, 0.15) is 18.1 Å². The third-order valence-electron chi connectivity index (χ3n) is 6.18. The first kappa shape index (κ1) is 31.0. The smallest absolute Gasteiger partial charge is 0.441 e. The van der Waals surface area contributed by atoms with Crippen LogP contribution < -0.4 is 32.4 Å². The highest BCUT2D eigenvalue weighted by Crippen LogP contribution is 2.23. The Kier molecular flexibility index (Phi) is 9.70. The first-order valence-electron chi connectivity index (χ1n) is 13.5. The molecule has 2 amide bonds. The van der Waals surface area contributed by atoms with Crippen molar-refractivity contribution in [1.82, 2.24) is 14.9 Å². The summed E-state index contributed by atoms with van der Waals surface area (Å²) in [4.78, 5) is 58.0. The average molecular weight is 598 g/mol. The van der Waals surface area contributed by atoms with E-state index < -0.39 is 23.5 Å². The Balaban J connectivity index is 1.48. The zero-order chi connectivity index (χ0) is 31.8. The van der Waals surface area contributed by atoms with Crippen LogP contribution in [0.5, 0.6) is 5.75 Å². The van der Waals surface area contributed by atoms with Gasteiger partial charge in [0.05, 0.1) is 17.5 Å². The maximum Gasteiger partial charge on any atom is 0.441 e. The fourth-order valence-electron chi connectivity index (χ4n) is 4.14. The van der Waals surface area contributed by atoms with Crippen LogP contribution in [0.25, 0.3) is 11.3 Å². The molecule has 44 heavy (non-hydrogen) atoms. The quantitative estimate of drug-likeness (QED) is 0.103. The molecule has 4 rings (SSSR count). The number of para-hydroxylation sites is 1. The SMILES string of the molecule is CC(C)Nc1ncc(-c2cc(N)cc(C(=O)O)c2)n(CC(=O)NCc2ccc(C(N)=NC(=O)Oc3ccccc3)cc2)c1=O. The van der Waals surface area contributed by atoms with Crippen LogP contribution >= 0.6 is 0 Å². The van der Waals surface area contributed by atoms with Gasteiger partial charge >= 0.3 is 12.1 Å². The number of ether oxygens (including phenoxy) is 1. The zero-order valence-electron chi connectivity index (χ0n) is 24.0. The predicted molar refractivity (Wildman–Crippen MR) is 166 cm³/mol. The summed E-state index contributed by atoms with van der Waals surface area (Å²) in [5, 5.41) is 15.2. The number of nitrogens with zero attached hydrogens (tertiary/aromatic N) is 3. The van der Waals surface area contributed by atoms with E-state index in [0.29, 0.717) is 22.4 Å². The molecule has 0 bridgehead atoms. The summed E-state index contributed by atoms with van der Waals surface area (Å²) in [5.74, 6) is -1.33. The van der Waals surface area contributed by atoms with E-state index in [0.717, 1.165) is 0 Å². The van der Waals surface area contributed by atoms with Crippen molar-refractivity contribution in [3.05, 3.63) is 106 Å². The number of amidine groups is 1. The molecule has 7 N–H and O–H groups in total. The van der Waals surface area contributed by atoms with Crippen molar-refractivity contribution in [3.63, 3.8) is 0 Å². The molecular weight excluding hydrogens is 566 g/mol. The van der Waals surface area contributed by atoms with Gasteiger partial charge in [-0.3, -0.25) is 14.2 Å². The lowest BCUT2D eigenvalue weighted by Crippen LogP contribution is -2.35. The molecule has 13 heteroatoms. The highest BCUT2D eigenvalue weighted by Gasteiger charge is 2.17. The van der Waals surface area contributed by atoms with E-state index in [4.69, 9.17) is 16.2 Å². The maximum atomic E-state index is 13.3. The Labute approximate surface area is 252 Å². The number of carbonyl (C=O) groups is 3. The number of hydrogen-bond acceptors (Lipinski definition) is 8. The van der Waals surface area contributed by atoms with Crippen molar-refractivity contribution >= 4 is 35.3 Å². The Morgan fingerprint density at radius 1 is 1.02 bits per heavy atom. The molecule has 0 saturated carbocycles. The third kappa shape index (κ3) is 8.06. The van der Waals surface area contributed by atoms with Crippen molar-refractivity contribution in [1.29, 1.82) is 0 Å². The first-order chi connectivity index (χ1) is 21.0. The molecule has 4 aromatic rings. The number of aromatic nitrogens is 2. The number of nitrogen functional groups attached to an aromatic ring is 1. The van der Waals surface area contributed by atoms with Crippen LogP contribution in [-0.4, -0.2) is 44.5 Å². The number of carbonyl (C=O) groups excluding carboxylic acids is 2. The second kappa shape index (κ2) is 13.8. The van der Waals surface area contributed by atoms with Crippen LogP contribution in [0.15, 0.2) is 88.8 Å². The van der Waals surface area contributed by atoms with Gasteiger partial charge in [-0.2, -0.15) is 4.99 Å². The van der Waals surface area contributed by atoms with Gasteiger partial charge in [-0.05, 0) is 49.7 Å². The molecule has 1 aromatic heterocycles. The summed E-state index contributed by atoms with van der Waals surface area (Å²) in [6.45, 7) is 3.43. The molecular formula is C31H31N7O6. The number of benzene rings is 3. The molecule has 0 aliphatic carbocycles. The summed E-state index contributed by atoms with van der Waals surface area (Å²) in [7, 11) is 0. The standard InChI is InChI=1S/C31H31N7O6/c1-18(2)36-28-29(40)38(25(16-35-28)21-12-22(30(41)42)14-23(32)13-21)17-26(39)34-15-19-8-10-20(11-9-19)27(33)37-31(43)44-24-6-4-3-5-7-24/h3-14,16,18H,15,17,32H2,1-2H3,(H,34,39)(H,35,36)(H,41,42)(H2,33,37,43). The number of hydrogen-bond donors (Lipinski definition) is 5. The maximum absolute atomic E-state index is 13.3. The minimum Gasteiger partial charge on any atom is -0.478 e. The molecule has 0 fully saturated rings. The second-order valence-corrected chi connectivity index (χ2v) is 9.98. The first-order valence-corrected chi connectivity index (χ1v) is 13.5. The van der Waals surface area contributed by atoms with Gasteiger partial charge in [0, 0.05) is 29.4 Å². The normalized spacial score (nSPS) is 11.2. The van der Waals surface area contributed by atoms with E-state index in [9.17, 15) is 24.3 Å². The number of aromatic carboxylic acids is 1. The predicted octanol–water partition coefficient (Wildman–Crippen LogP) is 3.23. The van der Waals surface area contributed by atoms with E-state index in [1.165, 1.54) is 29.0 Å². The molecule has 0 aliphatic heterocycles. The van der Waals surface area contributed by atoms with Crippen LogP contribution in [0.3, 0.4) is 0 Å². The number of amides is 2. The summed E-state index contributed by atoms with van der Waals surface area (Å²) >= 11 is 0. The zero-order valence-corrected chi connectivity index (χ0v) is 24.0. The Morgan fingerprint density at radius 2 is 1.73 bits per heavy atom. The van der Waals surface area contributed by atoms with E-state index in [1.807, 2.05) is 13.8 Å². The van der Waals surface area contributed by atoms with Crippen molar-refractivity contribution < 1.29 is 24.2 Å². The fourth-order valence-corrected chi connectivity index (χ4v) is 4.14. The molecule has 0 radical (unpaired) electrons. The number of aliphatic imine (C=N–C) groups is 1. The number of rotatable bonds is 10. The summed E-state index contributed by atoms with van der Waals surface area (Å²) in [6, 6.07) is 19.2. The van der Waals surface area contributed by atoms with Gasteiger partial charge in [0.2, 0.25) is 5.91 Å². The number of nitrogens with two attached hydrogens (primary N) is 2. The summed E-state index contributed by atoms with van der Waals surface area (Å²) in [6.07, 6.45) is 0.528. The minimum atomic E-state index is -1.19. The lowest BCUT2D eigenvalue weighted by molar-refractivity contribution is -0.121. The monoisotopic (exact) mass is 597 g/mol. The second-order valence-electron chi connectivity index (χ2n) is 9.98. The van der Waals surface area contributed by atoms with Gasteiger partial charge in [-0.25, -0.2) is 14.6 Å². The van der Waals surface area contributed by atoms with Gasteiger partial charge in [0.15, 0.2) is 5.82 Å². The van der Waals surface area contributed by atoms with Gasteiger partial charge in [-0.1, -0.05) is 42.5 Å². The van der Waals surface area contributed by atoms with Gasteiger partial charge < -0.3 is 31.9 Å². The topological polar surface area (TPSA) is 204 Å². The molecule has 0 unspecified atom stereocenters. The molecule has 1 heterocycles. The number of carboxylic acids is 1. The Bertz CT molecular complexity index is 1770. The van der Waals surface area contributed by atoms with Crippen molar-refractivity contribution in [2.24, 2.45) is 10.7 Å². The average Bonchev–Trinajstić information content (AvgIpc) is 2.98. The number of nitrogens with one attached hydrogen (secondary N) is 2. The molecule has 0 atom stereocenters. The van der Waals surface area contributed by atoms with E-state index >= 15 is 0 Å². The minimum absolute atomic E-state index is 0.0375. The number of anilines is 2. The largest absolute Gasteiger partial charge is 0.478 e. The summed E-state index contributed by atoms with van der Waals surface area (Å²) < 4.78 is 6.33. The van der Waals surface area contributed by atoms with E-state index in [2.05, 4.69) is 20.6 Å². The molecule has 3 aromatic carbocycles. The lowest BCUT2D eigenvalue weighted by Gasteiger charge is -2.16. The van der Waals surface area contributed by atoms with Crippen molar-refractivity contribution in [2.75, 3.05) is 11.1 Å². The highest BCUT2D eigenvalue weighted by molar-refractivity contribution is 6.03. The molecule has 0 aliphatic rings. The van der Waals surface area contributed by atoms with Crippen LogP contribution in [0.2, 0.25) is 0 Å². The summed E-state index contributed by atoms with van der Waals surface area (Å²) in [5.41, 5.74) is 13.1. The van der Waals surface area contributed by atoms with Crippen molar-refractivity contribution in [2.45, 2.75) is 33.0 Å². The van der Waals surface area contributed by atoms with Crippen molar-refractivity contribution in [3.8, 4) is 17.0 Å². The Hall–Kier alpha value is -5.98. The fraction of sp³-hybridized carbons (Fsp3) is 0.161. The van der Waals surface area contributed by atoms with Crippen LogP contribution in [0.1, 0.15) is 35.3 Å². The van der Waals surface area contributed by atoms with Crippen LogP contribution in [0.4, 0.5) is 16.3 Å². The molecule has 0 saturated heterocycles. The van der Waals surface area contributed by atoms with Crippen LogP contribution in [0, 0.1) is 0 Å². The van der Waals surface area contributed by atoms with Crippen LogP contribution in [-0.2, 0) is 17.9 Å². The third-order valence-corrected chi connectivity index (χ3v) is 6.18. The highest BCUT2D eigenvalue weighted by atomic mass is 16.5. The van der Waals surface area contributed by atoms with Gasteiger partial charge in [-0.15, -0.1) is 0 Å². The molecule has 13 nitrogen and oxygen atoms in total. The Morgan fingerprint density at radius 3 is 2.39 bits per heavy atom. The van der Waals surface area contributed by atoms with E-state index in [1.54, 1.807) is 54.6 Å². The molecule has 0 spiro atoms. The number of carboxylic acid groups (broad SMARTS) is 1. The van der Waals surface area contributed by atoms with Gasteiger partial charge in [0.25, 0.3) is 5.56 Å². The molecule has 226 valence electrons. The van der Waals surface area contributed by atoms with E-state index in [-0.39, 0.29) is 47.7 Å².